The molecule has 2 aromatic heterocycles. The maximum Gasteiger partial charge on any atom is 0.322 e. The number of nitrogens with zero attached hydrogens (tertiary/aromatic N) is 5. The number of nitrogens with one attached hydrogen (secondary N) is 1. The van der Waals surface area contributed by atoms with Crippen LogP contribution in [0.4, 0.5) is 10.5 Å². The van der Waals surface area contributed by atoms with E-state index in [9.17, 15) is 4.79 Å². The van der Waals surface area contributed by atoms with Gasteiger partial charge in [-0.15, -0.1) is 0 Å². The lowest BCUT2D eigenvalue weighted by molar-refractivity contribution is 0.184. The zero-order valence-corrected chi connectivity index (χ0v) is 14.0. The number of amides is 2. The van der Waals surface area contributed by atoms with Crippen LogP contribution in [0.3, 0.4) is 0 Å². The molecule has 8 heteroatoms. The first-order chi connectivity index (χ1) is 11.7. The van der Waals surface area contributed by atoms with E-state index >= 15 is 0 Å². The van der Waals surface area contributed by atoms with E-state index in [2.05, 4.69) is 25.4 Å². The van der Waals surface area contributed by atoms with Crippen molar-refractivity contribution in [2.24, 2.45) is 0 Å². The summed E-state index contributed by atoms with van der Waals surface area (Å²) in [7, 11) is 0. The van der Waals surface area contributed by atoms with Gasteiger partial charge in [0, 0.05) is 19.9 Å². The molecule has 0 saturated carbocycles. The number of carbonyl (C=O) groups excluding carboxylic acids is 1. The van der Waals surface area contributed by atoms with Crippen LogP contribution in [0, 0.1) is 6.92 Å². The number of anilines is 1. The second-order valence-corrected chi connectivity index (χ2v) is 5.90. The standard InChI is InChI=1S/C16H22N6O2/c1-3-14-17-9-12(10-18-14)20-16(23)22-8-6-4-5-7-13(22)15-19-11(2)24-21-15/h9-10,13H,3-8H2,1-2H3,(H,20,23)/t13-/m1/s1. The van der Waals surface area contributed by atoms with Crippen LogP contribution in [0.25, 0.3) is 0 Å². The van der Waals surface area contributed by atoms with Crippen molar-refractivity contribution in [3.05, 3.63) is 29.9 Å². The van der Waals surface area contributed by atoms with Gasteiger partial charge in [0.25, 0.3) is 0 Å². The molecule has 1 saturated heterocycles. The molecule has 2 aromatic rings. The van der Waals surface area contributed by atoms with E-state index in [1.54, 1.807) is 24.2 Å². The van der Waals surface area contributed by atoms with E-state index in [0.29, 0.717) is 23.9 Å². The maximum absolute atomic E-state index is 12.7. The molecule has 0 spiro atoms. The van der Waals surface area contributed by atoms with Gasteiger partial charge in [-0.3, -0.25) is 0 Å². The zero-order chi connectivity index (χ0) is 16.9. The molecular formula is C16H22N6O2. The van der Waals surface area contributed by atoms with Gasteiger partial charge in [0.05, 0.1) is 24.1 Å². The molecule has 3 rings (SSSR count). The second kappa shape index (κ2) is 7.37. The summed E-state index contributed by atoms with van der Waals surface area (Å²) in [6.07, 6.45) is 7.95. The number of urea groups is 1. The van der Waals surface area contributed by atoms with Gasteiger partial charge in [-0.25, -0.2) is 14.8 Å². The first-order valence-corrected chi connectivity index (χ1v) is 8.36. The summed E-state index contributed by atoms with van der Waals surface area (Å²) in [5.74, 6) is 1.84. The van der Waals surface area contributed by atoms with Crippen molar-refractivity contribution in [3.63, 3.8) is 0 Å². The molecule has 128 valence electrons. The van der Waals surface area contributed by atoms with E-state index in [4.69, 9.17) is 4.52 Å². The average Bonchev–Trinajstić information content (AvgIpc) is 2.87. The number of aryl methyl sites for hydroxylation is 2. The highest BCUT2D eigenvalue weighted by Gasteiger charge is 2.30. The van der Waals surface area contributed by atoms with Gasteiger partial charge in [0.1, 0.15) is 5.82 Å². The van der Waals surface area contributed by atoms with Gasteiger partial charge in [0.2, 0.25) is 5.89 Å². The molecule has 0 aromatic carbocycles. The summed E-state index contributed by atoms with van der Waals surface area (Å²) in [4.78, 5) is 27.3. The molecule has 1 N–H and O–H groups in total. The Balaban J connectivity index is 1.76. The predicted octanol–water partition coefficient (Wildman–Crippen LogP) is 2.88. The number of likely N-dealkylation sites (tertiary alicyclic amines) is 1. The van der Waals surface area contributed by atoms with Crippen LogP contribution >= 0.6 is 0 Å². The average molecular weight is 330 g/mol. The van der Waals surface area contributed by atoms with Gasteiger partial charge in [0.15, 0.2) is 5.82 Å². The first-order valence-electron chi connectivity index (χ1n) is 8.36. The third-order valence-electron chi connectivity index (χ3n) is 4.13. The van der Waals surface area contributed by atoms with E-state index in [1.165, 1.54) is 0 Å². The Morgan fingerprint density at radius 3 is 2.79 bits per heavy atom. The van der Waals surface area contributed by atoms with E-state index < -0.39 is 0 Å². The highest BCUT2D eigenvalue weighted by atomic mass is 16.5. The highest BCUT2D eigenvalue weighted by Crippen LogP contribution is 2.29. The summed E-state index contributed by atoms with van der Waals surface area (Å²) in [5.41, 5.74) is 0.587. The van der Waals surface area contributed by atoms with Crippen LogP contribution in [0.2, 0.25) is 0 Å². The third-order valence-corrected chi connectivity index (χ3v) is 4.13. The van der Waals surface area contributed by atoms with Gasteiger partial charge in [-0.2, -0.15) is 4.98 Å². The normalized spacial score (nSPS) is 18.2. The number of aromatic nitrogens is 4. The Morgan fingerprint density at radius 2 is 2.12 bits per heavy atom. The van der Waals surface area contributed by atoms with Gasteiger partial charge < -0.3 is 14.7 Å². The maximum atomic E-state index is 12.7. The minimum Gasteiger partial charge on any atom is -0.340 e. The number of carbonyl (C=O) groups is 1. The Bertz CT molecular complexity index is 684. The largest absolute Gasteiger partial charge is 0.340 e. The summed E-state index contributed by atoms with van der Waals surface area (Å²) < 4.78 is 5.09. The highest BCUT2D eigenvalue weighted by molar-refractivity contribution is 5.89. The number of hydrogen-bond donors (Lipinski definition) is 1. The molecule has 1 fully saturated rings. The fourth-order valence-corrected chi connectivity index (χ4v) is 2.87. The molecule has 0 bridgehead atoms. The Kier molecular flexibility index (Phi) is 5.02. The van der Waals surface area contributed by atoms with Crippen molar-refractivity contribution >= 4 is 11.7 Å². The second-order valence-electron chi connectivity index (χ2n) is 5.90. The molecule has 2 amide bonds. The van der Waals surface area contributed by atoms with E-state index in [0.717, 1.165) is 37.9 Å². The Hall–Kier alpha value is -2.51. The predicted molar refractivity (Wildman–Crippen MR) is 87.4 cm³/mol. The van der Waals surface area contributed by atoms with E-state index in [1.807, 2.05) is 6.92 Å². The lowest BCUT2D eigenvalue weighted by Gasteiger charge is -2.27. The lowest BCUT2D eigenvalue weighted by atomic mass is 10.1. The van der Waals surface area contributed by atoms with Crippen molar-refractivity contribution in [1.82, 2.24) is 25.0 Å². The minimum atomic E-state index is -0.183. The van der Waals surface area contributed by atoms with Gasteiger partial charge in [-0.05, 0) is 12.8 Å². The van der Waals surface area contributed by atoms with Crippen LogP contribution in [-0.2, 0) is 6.42 Å². The fourth-order valence-electron chi connectivity index (χ4n) is 2.87. The van der Waals surface area contributed by atoms with Crippen molar-refractivity contribution in [2.75, 3.05) is 11.9 Å². The van der Waals surface area contributed by atoms with Crippen LogP contribution in [-0.4, -0.2) is 37.6 Å². The van der Waals surface area contributed by atoms with Crippen molar-refractivity contribution < 1.29 is 9.32 Å². The van der Waals surface area contributed by atoms with Crippen LogP contribution in [0.5, 0.6) is 0 Å². The molecule has 24 heavy (non-hydrogen) atoms. The number of rotatable bonds is 3. The first kappa shape index (κ1) is 16.4. The van der Waals surface area contributed by atoms with Crippen molar-refractivity contribution in [1.29, 1.82) is 0 Å². The Labute approximate surface area is 140 Å². The molecule has 1 aliphatic heterocycles. The third kappa shape index (κ3) is 3.69. The van der Waals surface area contributed by atoms with Crippen LogP contribution in [0.1, 0.15) is 56.2 Å². The molecular weight excluding hydrogens is 308 g/mol. The van der Waals surface area contributed by atoms with Crippen molar-refractivity contribution in [2.45, 2.75) is 52.0 Å². The molecule has 0 unspecified atom stereocenters. The molecule has 1 aliphatic rings. The van der Waals surface area contributed by atoms with Crippen LogP contribution < -0.4 is 5.32 Å². The van der Waals surface area contributed by atoms with Gasteiger partial charge in [-0.1, -0.05) is 24.9 Å². The SMILES string of the molecule is CCc1ncc(NC(=O)N2CCCCC[C@@H]2c2noc(C)n2)cn1. The minimum absolute atomic E-state index is 0.166. The molecule has 1 atom stereocenters. The number of hydrogen-bond acceptors (Lipinski definition) is 6. The van der Waals surface area contributed by atoms with Gasteiger partial charge >= 0.3 is 6.03 Å². The zero-order valence-electron chi connectivity index (χ0n) is 14.0. The topological polar surface area (TPSA) is 97.0 Å². The Morgan fingerprint density at radius 1 is 1.33 bits per heavy atom. The van der Waals surface area contributed by atoms with E-state index in [-0.39, 0.29) is 12.1 Å². The summed E-state index contributed by atoms with van der Waals surface area (Å²) >= 11 is 0. The molecule has 8 nitrogen and oxygen atoms in total. The quantitative estimate of drug-likeness (QED) is 0.929. The molecule has 3 heterocycles. The summed E-state index contributed by atoms with van der Waals surface area (Å²) in [5, 5.41) is 6.88. The smallest absolute Gasteiger partial charge is 0.322 e. The van der Waals surface area contributed by atoms with Crippen LogP contribution in [0.15, 0.2) is 16.9 Å². The summed E-state index contributed by atoms with van der Waals surface area (Å²) in [6, 6.07) is -0.349. The lowest BCUT2D eigenvalue weighted by Crippen LogP contribution is -2.38. The van der Waals surface area contributed by atoms with Crippen molar-refractivity contribution in [3.8, 4) is 0 Å². The molecule has 0 radical (unpaired) electrons. The fraction of sp³-hybridized carbons (Fsp3) is 0.562. The molecule has 0 aliphatic carbocycles. The monoisotopic (exact) mass is 330 g/mol. The summed E-state index contributed by atoms with van der Waals surface area (Å²) in [6.45, 7) is 4.41.